The highest BCUT2D eigenvalue weighted by molar-refractivity contribution is 9.10. The molecule has 0 spiro atoms. The van der Waals surface area contributed by atoms with E-state index in [1.54, 1.807) is 18.2 Å². The van der Waals surface area contributed by atoms with Gasteiger partial charge in [-0.2, -0.15) is 0 Å². The Morgan fingerprint density at radius 3 is 2.53 bits per heavy atom. The zero-order valence-corrected chi connectivity index (χ0v) is 13.3. The summed E-state index contributed by atoms with van der Waals surface area (Å²) < 4.78 is 14.9. The highest BCUT2D eigenvalue weighted by Crippen LogP contribution is 2.24. The van der Waals surface area contributed by atoms with Crippen molar-refractivity contribution in [2.45, 2.75) is 0 Å². The van der Waals surface area contributed by atoms with Crippen molar-refractivity contribution in [3.63, 3.8) is 0 Å². The van der Waals surface area contributed by atoms with Gasteiger partial charge in [0.15, 0.2) is 0 Å². The lowest BCUT2D eigenvalue weighted by Crippen LogP contribution is -2.12. The average molecular weight is 407 g/mol. The molecule has 0 unspecified atom stereocenters. The molecule has 0 aliphatic heterocycles. The third kappa shape index (κ3) is 3.55. The molecule has 0 bridgehead atoms. The SMILES string of the molecule is O=C(Nc1ccc(Br)cc1F)c1ccc(Br)c(Cl)c1. The molecule has 2 rings (SSSR count). The van der Waals surface area contributed by atoms with Gasteiger partial charge in [-0.3, -0.25) is 4.79 Å². The second-order valence-corrected chi connectivity index (χ2v) is 5.88. The third-order valence-corrected chi connectivity index (χ3v) is 4.09. The number of amides is 1. The van der Waals surface area contributed by atoms with Gasteiger partial charge in [-0.05, 0) is 52.3 Å². The number of anilines is 1. The first-order chi connectivity index (χ1) is 8.97. The van der Waals surface area contributed by atoms with E-state index < -0.39 is 11.7 Å². The van der Waals surface area contributed by atoms with Crippen molar-refractivity contribution in [3.8, 4) is 0 Å². The minimum Gasteiger partial charge on any atom is -0.319 e. The van der Waals surface area contributed by atoms with E-state index in [0.717, 1.165) is 0 Å². The fourth-order valence-electron chi connectivity index (χ4n) is 1.42. The van der Waals surface area contributed by atoms with Crippen molar-refractivity contribution < 1.29 is 9.18 Å². The van der Waals surface area contributed by atoms with Crippen LogP contribution in [0, 0.1) is 5.82 Å². The molecule has 1 amide bonds. The maximum Gasteiger partial charge on any atom is 0.255 e. The summed E-state index contributed by atoms with van der Waals surface area (Å²) in [6.45, 7) is 0. The molecular weight excluding hydrogens is 400 g/mol. The highest BCUT2D eigenvalue weighted by atomic mass is 79.9. The van der Waals surface area contributed by atoms with Crippen molar-refractivity contribution in [1.29, 1.82) is 0 Å². The first-order valence-corrected chi connectivity index (χ1v) is 7.15. The molecule has 0 saturated heterocycles. The van der Waals surface area contributed by atoms with Crippen LogP contribution in [0.4, 0.5) is 10.1 Å². The predicted molar refractivity (Wildman–Crippen MR) is 81.2 cm³/mol. The summed E-state index contributed by atoms with van der Waals surface area (Å²) in [6.07, 6.45) is 0. The summed E-state index contributed by atoms with van der Waals surface area (Å²) in [5.74, 6) is -0.929. The van der Waals surface area contributed by atoms with E-state index in [2.05, 4.69) is 37.2 Å². The van der Waals surface area contributed by atoms with Gasteiger partial charge in [0.1, 0.15) is 5.82 Å². The maximum atomic E-state index is 13.6. The molecule has 0 radical (unpaired) electrons. The van der Waals surface area contributed by atoms with Crippen LogP contribution in [0.25, 0.3) is 0 Å². The topological polar surface area (TPSA) is 29.1 Å². The number of hydrogen-bond acceptors (Lipinski definition) is 1. The van der Waals surface area contributed by atoms with E-state index in [1.165, 1.54) is 18.2 Å². The molecular formula is C13H7Br2ClFNO. The van der Waals surface area contributed by atoms with Gasteiger partial charge in [0, 0.05) is 14.5 Å². The lowest BCUT2D eigenvalue weighted by Gasteiger charge is -2.07. The Labute approximate surface area is 131 Å². The van der Waals surface area contributed by atoms with Crippen molar-refractivity contribution in [2.75, 3.05) is 5.32 Å². The Morgan fingerprint density at radius 2 is 1.89 bits per heavy atom. The van der Waals surface area contributed by atoms with E-state index in [-0.39, 0.29) is 5.69 Å². The summed E-state index contributed by atoms with van der Waals surface area (Å²) in [5.41, 5.74) is 0.475. The fourth-order valence-corrected chi connectivity index (χ4v) is 2.18. The molecule has 0 aromatic heterocycles. The molecule has 0 aliphatic rings. The van der Waals surface area contributed by atoms with Crippen LogP contribution in [0.15, 0.2) is 45.3 Å². The van der Waals surface area contributed by atoms with Crippen LogP contribution in [-0.4, -0.2) is 5.91 Å². The number of rotatable bonds is 2. The largest absolute Gasteiger partial charge is 0.319 e. The van der Waals surface area contributed by atoms with Gasteiger partial charge >= 0.3 is 0 Å². The van der Waals surface area contributed by atoms with Gasteiger partial charge in [0.05, 0.1) is 10.7 Å². The van der Waals surface area contributed by atoms with Gasteiger partial charge in [0.2, 0.25) is 0 Å². The Bertz CT molecular complexity index is 649. The number of hydrogen-bond donors (Lipinski definition) is 1. The van der Waals surface area contributed by atoms with Crippen LogP contribution >= 0.6 is 43.5 Å². The Balaban J connectivity index is 2.23. The van der Waals surface area contributed by atoms with Crippen LogP contribution in [0.5, 0.6) is 0 Å². The molecule has 1 N–H and O–H groups in total. The van der Waals surface area contributed by atoms with Gasteiger partial charge < -0.3 is 5.32 Å². The molecule has 2 aromatic carbocycles. The minimum absolute atomic E-state index is 0.118. The van der Waals surface area contributed by atoms with E-state index >= 15 is 0 Å². The Morgan fingerprint density at radius 1 is 1.16 bits per heavy atom. The van der Waals surface area contributed by atoms with Gasteiger partial charge in [-0.25, -0.2) is 4.39 Å². The van der Waals surface area contributed by atoms with Gasteiger partial charge in [-0.1, -0.05) is 27.5 Å². The Kier molecular flexibility index (Phi) is 4.60. The van der Waals surface area contributed by atoms with Crippen molar-refractivity contribution in [3.05, 3.63) is 61.7 Å². The normalized spacial score (nSPS) is 10.3. The van der Waals surface area contributed by atoms with Crippen LogP contribution in [-0.2, 0) is 0 Å². The van der Waals surface area contributed by atoms with Gasteiger partial charge in [0.25, 0.3) is 5.91 Å². The van der Waals surface area contributed by atoms with Crippen LogP contribution in [0.3, 0.4) is 0 Å². The summed E-state index contributed by atoms with van der Waals surface area (Å²) in [6, 6.07) is 9.18. The highest BCUT2D eigenvalue weighted by Gasteiger charge is 2.11. The smallest absolute Gasteiger partial charge is 0.255 e. The van der Waals surface area contributed by atoms with E-state index in [9.17, 15) is 9.18 Å². The quantitative estimate of drug-likeness (QED) is 0.723. The van der Waals surface area contributed by atoms with Crippen molar-refractivity contribution in [2.24, 2.45) is 0 Å². The molecule has 0 atom stereocenters. The van der Waals surface area contributed by atoms with E-state index in [1.807, 2.05) is 0 Å². The maximum absolute atomic E-state index is 13.6. The van der Waals surface area contributed by atoms with Crippen LogP contribution in [0.2, 0.25) is 5.02 Å². The molecule has 0 saturated carbocycles. The van der Waals surface area contributed by atoms with Crippen molar-refractivity contribution >= 4 is 55.1 Å². The second kappa shape index (κ2) is 6.03. The number of halogens is 4. The zero-order valence-electron chi connectivity index (χ0n) is 9.38. The first kappa shape index (κ1) is 14.5. The molecule has 6 heteroatoms. The third-order valence-electron chi connectivity index (χ3n) is 2.36. The summed E-state index contributed by atoms with van der Waals surface area (Å²) in [5, 5.41) is 2.91. The standard InChI is InChI=1S/C13H7Br2ClFNO/c14-8-2-4-12(11(17)6-8)18-13(19)7-1-3-9(15)10(16)5-7/h1-6H,(H,18,19). The first-order valence-electron chi connectivity index (χ1n) is 5.19. The van der Waals surface area contributed by atoms with Gasteiger partial charge in [-0.15, -0.1) is 0 Å². The lowest BCUT2D eigenvalue weighted by molar-refractivity contribution is 0.102. The van der Waals surface area contributed by atoms with Crippen LogP contribution in [0.1, 0.15) is 10.4 Å². The van der Waals surface area contributed by atoms with Crippen LogP contribution < -0.4 is 5.32 Å². The molecule has 98 valence electrons. The van der Waals surface area contributed by atoms with E-state index in [4.69, 9.17) is 11.6 Å². The second-order valence-electron chi connectivity index (χ2n) is 3.71. The summed E-state index contributed by atoms with van der Waals surface area (Å²) in [4.78, 5) is 12.0. The number of carbonyl (C=O) groups is 1. The molecule has 0 heterocycles. The molecule has 0 aliphatic carbocycles. The molecule has 2 aromatic rings. The molecule has 19 heavy (non-hydrogen) atoms. The fraction of sp³-hybridized carbons (Fsp3) is 0. The molecule has 0 fully saturated rings. The monoisotopic (exact) mass is 405 g/mol. The predicted octanol–water partition coefficient (Wildman–Crippen LogP) is 5.26. The summed E-state index contributed by atoms with van der Waals surface area (Å²) in [7, 11) is 0. The zero-order chi connectivity index (χ0) is 14.0. The molecule has 2 nitrogen and oxygen atoms in total. The number of nitrogens with one attached hydrogen (secondary N) is 1. The lowest BCUT2D eigenvalue weighted by atomic mass is 10.2. The number of carbonyl (C=O) groups excluding carboxylic acids is 1. The average Bonchev–Trinajstić information content (AvgIpc) is 2.36. The van der Waals surface area contributed by atoms with Crippen molar-refractivity contribution in [1.82, 2.24) is 0 Å². The number of benzene rings is 2. The minimum atomic E-state index is -0.508. The van der Waals surface area contributed by atoms with E-state index in [0.29, 0.717) is 19.5 Å². The summed E-state index contributed by atoms with van der Waals surface area (Å²) >= 11 is 12.3. The Hall–Kier alpha value is -0.910.